The van der Waals surface area contributed by atoms with Crippen LogP contribution in [0.5, 0.6) is 0 Å². The first-order valence-electron chi connectivity index (χ1n) is 2.81. The predicted molar refractivity (Wildman–Crippen MR) is 33.6 cm³/mol. The Morgan fingerprint density at radius 1 is 1.67 bits per heavy atom. The monoisotopic (exact) mass is 126 g/mol. The molecule has 0 amide bonds. The Labute approximate surface area is 53.7 Å². The molecule has 0 aliphatic heterocycles. The third-order valence-corrected chi connectivity index (χ3v) is 1.40. The quantitative estimate of drug-likeness (QED) is 0.556. The Kier molecular flexibility index (Phi) is 1.48. The summed E-state index contributed by atoms with van der Waals surface area (Å²) >= 11 is 0. The van der Waals surface area contributed by atoms with Crippen molar-refractivity contribution in [3.05, 3.63) is 11.4 Å². The van der Waals surface area contributed by atoms with Crippen LogP contribution in [0.4, 0.5) is 0 Å². The van der Waals surface area contributed by atoms with Gasteiger partial charge in [-0.1, -0.05) is 5.21 Å². The van der Waals surface area contributed by atoms with Gasteiger partial charge < -0.3 is 5.73 Å². The van der Waals surface area contributed by atoms with Gasteiger partial charge in [0.15, 0.2) is 0 Å². The van der Waals surface area contributed by atoms with E-state index in [0.717, 1.165) is 11.4 Å². The zero-order valence-corrected chi connectivity index (χ0v) is 5.63. The summed E-state index contributed by atoms with van der Waals surface area (Å²) in [5, 5.41) is 7.60. The first kappa shape index (κ1) is 6.22. The lowest BCUT2D eigenvalue weighted by Crippen LogP contribution is -1.99. The molecule has 1 rings (SSSR count). The first-order valence-corrected chi connectivity index (χ1v) is 2.81. The molecule has 0 aromatic carbocycles. The topological polar surface area (TPSA) is 56.7 Å². The molecule has 4 nitrogen and oxygen atoms in total. The number of rotatable bonds is 1. The fourth-order valence-corrected chi connectivity index (χ4v) is 0.636. The average Bonchev–Trinajstić information content (AvgIpc) is 2.15. The number of nitrogens with zero attached hydrogens (tertiary/aromatic N) is 3. The van der Waals surface area contributed by atoms with Gasteiger partial charge in [0, 0.05) is 13.6 Å². The van der Waals surface area contributed by atoms with Crippen molar-refractivity contribution < 1.29 is 0 Å². The molecule has 0 atom stereocenters. The molecule has 0 unspecified atom stereocenters. The maximum absolute atomic E-state index is 5.35. The minimum atomic E-state index is 0.472. The van der Waals surface area contributed by atoms with Crippen molar-refractivity contribution in [2.75, 3.05) is 0 Å². The molecule has 0 saturated carbocycles. The van der Waals surface area contributed by atoms with Crippen LogP contribution in [0.2, 0.25) is 0 Å². The lowest BCUT2D eigenvalue weighted by molar-refractivity contribution is 0.696. The zero-order chi connectivity index (χ0) is 6.85. The van der Waals surface area contributed by atoms with Crippen LogP contribution in [0.25, 0.3) is 0 Å². The van der Waals surface area contributed by atoms with Crippen LogP contribution in [0.1, 0.15) is 11.4 Å². The standard InChI is InChI=1S/C5H10N4/c1-4-5(3-6)7-8-9(4)2/h3,6H2,1-2H3. The van der Waals surface area contributed by atoms with Crippen molar-refractivity contribution in [2.45, 2.75) is 13.5 Å². The molecule has 1 heterocycles. The van der Waals surface area contributed by atoms with Crippen LogP contribution in [-0.4, -0.2) is 15.0 Å². The number of hydrogen-bond acceptors (Lipinski definition) is 3. The van der Waals surface area contributed by atoms with E-state index in [1.165, 1.54) is 0 Å². The number of nitrogens with two attached hydrogens (primary N) is 1. The van der Waals surface area contributed by atoms with Crippen molar-refractivity contribution in [1.82, 2.24) is 15.0 Å². The summed E-state index contributed by atoms with van der Waals surface area (Å²) < 4.78 is 1.71. The van der Waals surface area contributed by atoms with Gasteiger partial charge in [0.25, 0.3) is 0 Å². The highest BCUT2D eigenvalue weighted by molar-refractivity contribution is 5.05. The fraction of sp³-hybridized carbons (Fsp3) is 0.600. The third-order valence-electron chi connectivity index (χ3n) is 1.40. The molecule has 0 aliphatic carbocycles. The zero-order valence-electron chi connectivity index (χ0n) is 5.63. The summed E-state index contributed by atoms with van der Waals surface area (Å²) in [5.41, 5.74) is 7.26. The Bertz CT molecular complexity index is 203. The van der Waals surface area contributed by atoms with Crippen LogP contribution >= 0.6 is 0 Å². The van der Waals surface area contributed by atoms with Crippen LogP contribution < -0.4 is 5.73 Å². The van der Waals surface area contributed by atoms with E-state index in [9.17, 15) is 0 Å². The van der Waals surface area contributed by atoms with Gasteiger partial charge in [-0.25, -0.2) is 0 Å². The van der Waals surface area contributed by atoms with E-state index < -0.39 is 0 Å². The second kappa shape index (κ2) is 2.14. The van der Waals surface area contributed by atoms with Crippen molar-refractivity contribution in [1.29, 1.82) is 0 Å². The molecule has 0 radical (unpaired) electrons. The molecule has 2 N–H and O–H groups in total. The maximum atomic E-state index is 5.35. The van der Waals surface area contributed by atoms with Gasteiger partial charge in [0.05, 0.1) is 11.4 Å². The summed E-state index contributed by atoms with van der Waals surface area (Å²) in [7, 11) is 1.85. The highest BCUT2D eigenvalue weighted by Crippen LogP contribution is 1.98. The summed E-state index contributed by atoms with van der Waals surface area (Å²) in [6.45, 7) is 2.42. The van der Waals surface area contributed by atoms with Crippen molar-refractivity contribution in [3.63, 3.8) is 0 Å². The SMILES string of the molecule is Cc1c(CN)nnn1C. The van der Waals surface area contributed by atoms with E-state index in [1.54, 1.807) is 4.68 Å². The molecular weight excluding hydrogens is 116 g/mol. The second-order valence-electron chi connectivity index (χ2n) is 1.95. The first-order chi connectivity index (χ1) is 4.25. The van der Waals surface area contributed by atoms with Crippen LogP contribution in [0, 0.1) is 6.92 Å². The fourth-order valence-electron chi connectivity index (χ4n) is 0.636. The summed E-state index contributed by atoms with van der Waals surface area (Å²) in [5.74, 6) is 0. The van der Waals surface area contributed by atoms with E-state index in [0.29, 0.717) is 6.54 Å². The summed E-state index contributed by atoms with van der Waals surface area (Å²) in [6.07, 6.45) is 0. The largest absolute Gasteiger partial charge is 0.325 e. The molecule has 4 heteroatoms. The van der Waals surface area contributed by atoms with Gasteiger partial charge in [-0.2, -0.15) is 0 Å². The molecule has 0 saturated heterocycles. The maximum Gasteiger partial charge on any atom is 0.0991 e. The number of aromatic nitrogens is 3. The van der Waals surface area contributed by atoms with Crippen molar-refractivity contribution in [3.8, 4) is 0 Å². The molecule has 0 spiro atoms. The second-order valence-corrected chi connectivity index (χ2v) is 1.95. The van der Waals surface area contributed by atoms with Crippen LogP contribution in [0.3, 0.4) is 0 Å². The number of hydrogen-bond donors (Lipinski definition) is 1. The van der Waals surface area contributed by atoms with Gasteiger partial charge in [0.1, 0.15) is 0 Å². The van der Waals surface area contributed by atoms with Crippen molar-refractivity contribution in [2.24, 2.45) is 12.8 Å². The molecule has 50 valence electrons. The predicted octanol–water partition coefficient (Wildman–Crippen LogP) is -0.418. The van der Waals surface area contributed by atoms with Gasteiger partial charge in [-0.05, 0) is 6.92 Å². The molecule has 0 bridgehead atoms. The van der Waals surface area contributed by atoms with E-state index in [-0.39, 0.29) is 0 Å². The van der Waals surface area contributed by atoms with Gasteiger partial charge in [-0.15, -0.1) is 5.10 Å². The van der Waals surface area contributed by atoms with E-state index in [2.05, 4.69) is 10.3 Å². The molecular formula is C5H10N4. The lowest BCUT2D eigenvalue weighted by Gasteiger charge is -1.90. The normalized spacial score (nSPS) is 10.1. The van der Waals surface area contributed by atoms with Crippen LogP contribution in [0.15, 0.2) is 0 Å². The summed E-state index contributed by atoms with van der Waals surface area (Å²) in [6, 6.07) is 0. The molecule has 1 aromatic rings. The number of aryl methyl sites for hydroxylation is 1. The Morgan fingerprint density at radius 3 is 2.56 bits per heavy atom. The Morgan fingerprint density at radius 2 is 2.33 bits per heavy atom. The molecule has 0 fully saturated rings. The van der Waals surface area contributed by atoms with Gasteiger partial charge in [-0.3, -0.25) is 4.68 Å². The molecule has 1 aromatic heterocycles. The average molecular weight is 126 g/mol. The van der Waals surface area contributed by atoms with Crippen LogP contribution in [-0.2, 0) is 13.6 Å². The third kappa shape index (κ3) is 0.929. The van der Waals surface area contributed by atoms with E-state index >= 15 is 0 Å². The Hall–Kier alpha value is -0.900. The van der Waals surface area contributed by atoms with Gasteiger partial charge in [0.2, 0.25) is 0 Å². The van der Waals surface area contributed by atoms with Crippen molar-refractivity contribution >= 4 is 0 Å². The minimum absolute atomic E-state index is 0.472. The van der Waals surface area contributed by atoms with E-state index in [4.69, 9.17) is 5.73 Å². The minimum Gasteiger partial charge on any atom is -0.325 e. The molecule has 9 heavy (non-hydrogen) atoms. The Balaban J connectivity index is 3.04. The van der Waals surface area contributed by atoms with E-state index in [1.807, 2.05) is 14.0 Å². The highest BCUT2D eigenvalue weighted by Gasteiger charge is 2.00. The molecule has 0 aliphatic rings. The smallest absolute Gasteiger partial charge is 0.0991 e. The summed E-state index contributed by atoms with van der Waals surface area (Å²) in [4.78, 5) is 0. The lowest BCUT2D eigenvalue weighted by atomic mass is 10.3. The van der Waals surface area contributed by atoms with Gasteiger partial charge >= 0.3 is 0 Å². The highest BCUT2D eigenvalue weighted by atomic mass is 15.4.